The molecular weight excluding hydrogens is 380 g/mol. The molecule has 0 saturated carbocycles. The summed E-state index contributed by atoms with van der Waals surface area (Å²) in [4.78, 5) is 13.4. The number of benzene rings is 4. The number of carbonyl (C=O) groups excluding carboxylic acids is 1. The van der Waals surface area contributed by atoms with Gasteiger partial charge in [-0.15, -0.1) is 5.76 Å². The molecule has 0 saturated heterocycles. The van der Waals surface area contributed by atoms with Crippen molar-refractivity contribution in [1.82, 2.24) is 0 Å². The molecule has 2 nitrogen and oxygen atoms in total. The Kier molecular flexibility index (Phi) is 6.39. The van der Waals surface area contributed by atoms with Crippen LogP contribution in [0.5, 0.6) is 0 Å². The van der Waals surface area contributed by atoms with Crippen LogP contribution in [-0.4, -0.2) is 5.78 Å². The van der Waals surface area contributed by atoms with Gasteiger partial charge in [0, 0.05) is 5.92 Å². The summed E-state index contributed by atoms with van der Waals surface area (Å²) in [6.07, 6.45) is 1.29. The van der Waals surface area contributed by atoms with Gasteiger partial charge >= 0.3 is 0 Å². The maximum Gasteiger partial charge on any atom is 0.166 e. The molecule has 0 radical (unpaired) electrons. The van der Waals surface area contributed by atoms with Crippen LogP contribution in [0.15, 0.2) is 133 Å². The van der Waals surface area contributed by atoms with E-state index >= 15 is 0 Å². The molecule has 0 unspecified atom stereocenters. The fraction of sp³-hybridized carbons (Fsp3) is 0.0690. The van der Waals surface area contributed by atoms with E-state index in [0.29, 0.717) is 0 Å². The second-order valence-electron chi connectivity index (χ2n) is 7.46. The van der Waals surface area contributed by atoms with E-state index in [1.165, 1.54) is 6.08 Å². The van der Waals surface area contributed by atoms with Crippen LogP contribution in [0.1, 0.15) is 34.1 Å². The van der Waals surface area contributed by atoms with Crippen LogP contribution in [0.3, 0.4) is 0 Å². The quantitative estimate of drug-likeness (QED) is 0.303. The van der Waals surface area contributed by atoms with E-state index < -0.39 is 11.8 Å². The summed E-state index contributed by atoms with van der Waals surface area (Å²) in [5, 5.41) is 13.4. The van der Waals surface area contributed by atoms with Crippen molar-refractivity contribution in [2.75, 3.05) is 0 Å². The van der Waals surface area contributed by atoms with E-state index in [-0.39, 0.29) is 11.5 Å². The largest absolute Gasteiger partial charge is 0.875 e. The molecule has 4 rings (SSSR count). The molecule has 4 aromatic rings. The predicted molar refractivity (Wildman–Crippen MR) is 123 cm³/mol. The number of rotatable bonds is 7. The number of allylic oxidation sites excluding steroid dienone is 2. The summed E-state index contributed by atoms with van der Waals surface area (Å²) >= 11 is 0. The predicted octanol–water partition coefficient (Wildman–Crippen LogP) is 5.46. The normalized spacial score (nSPS) is 11.6. The van der Waals surface area contributed by atoms with Gasteiger partial charge in [0.2, 0.25) is 0 Å². The first-order chi connectivity index (χ1) is 15.2. The molecule has 0 aliphatic heterocycles. The molecule has 0 atom stereocenters. The van der Waals surface area contributed by atoms with E-state index in [1.807, 2.05) is 121 Å². The fourth-order valence-corrected chi connectivity index (χ4v) is 3.93. The van der Waals surface area contributed by atoms with Crippen LogP contribution in [0.4, 0.5) is 0 Å². The zero-order valence-electron chi connectivity index (χ0n) is 17.1. The standard InChI is InChI=1S/C29H24O2/c30-26(28(22-13-5-1-6-14-22)23-15-7-2-8-16-23)21-27(31)29(24-17-9-3-10-18-24)25-19-11-4-12-20-25/h1-21,28-30H/p-1/b26-21-. The number of ketones is 1. The lowest BCUT2D eigenvalue weighted by atomic mass is 9.85. The SMILES string of the molecule is O=C(/C=C(\[O-])C(c1ccccc1)c1ccccc1)C(c1ccccc1)c1ccccc1. The maximum absolute atomic E-state index is 13.4. The van der Waals surface area contributed by atoms with Crippen molar-refractivity contribution in [2.24, 2.45) is 0 Å². The molecule has 0 aliphatic carbocycles. The minimum atomic E-state index is -0.515. The summed E-state index contributed by atoms with van der Waals surface area (Å²) in [5.41, 5.74) is 3.50. The van der Waals surface area contributed by atoms with Crippen molar-refractivity contribution in [2.45, 2.75) is 11.8 Å². The van der Waals surface area contributed by atoms with Crippen LogP contribution in [0, 0.1) is 0 Å². The van der Waals surface area contributed by atoms with E-state index in [9.17, 15) is 9.90 Å². The average Bonchev–Trinajstić information content (AvgIpc) is 2.82. The lowest BCUT2D eigenvalue weighted by Crippen LogP contribution is -2.20. The first-order valence-corrected chi connectivity index (χ1v) is 10.4. The molecular formula is C29H23O2-. The van der Waals surface area contributed by atoms with Gasteiger partial charge < -0.3 is 5.11 Å². The smallest absolute Gasteiger partial charge is 0.166 e. The highest BCUT2D eigenvalue weighted by Crippen LogP contribution is 2.31. The molecule has 0 heterocycles. The first kappa shape index (κ1) is 20.4. The molecule has 0 aromatic heterocycles. The van der Waals surface area contributed by atoms with Crippen LogP contribution in [0.25, 0.3) is 0 Å². The second kappa shape index (κ2) is 9.73. The van der Waals surface area contributed by atoms with Gasteiger partial charge in [-0.05, 0) is 28.3 Å². The van der Waals surface area contributed by atoms with Crippen molar-refractivity contribution < 1.29 is 9.90 Å². The van der Waals surface area contributed by atoms with Gasteiger partial charge in [0.1, 0.15) is 0 Å². The second-order valence-corrected chi connectivity index (χ2v) is 7.46. The van der Waals surface area contributed by atoms with Crippen LogP contribution >= 0.6 is 0 Å². The summed E-state index contributed by atoms with van der Waals surface area (Å²) in [7, 11) is 0. The molecule has 31 heavy (non-hydrogen) atoms. The van der Waals surface area contributed by atoms with Crippen LogP contribution < -0.4 is 5.11 Å². The van der Waals surface area contributed by atoms with Crippen molar-refractivity contribution in [3.05, 3.63) is 155 Å². The van der Waals surface area contributed by atoms with Crippen LogP contribution in [0.2, 0.25) is 0 Å². The van der Waals surface area contributed by atoms with Gasteiger partial charge in [0.05, 0.1) is 5.92 Å². The van der Waals surface area contributed by atoms with E-state index in [1.54, 1.807) is 0 Å². The lowest BCUT2D eigenvalue weighted by Gasteiger charge is -2.26. The summed E-state index contributed by atoms with van der Waals surface area (Å²) < 4.78 is 0. The van der Waals surface area contributed by atoms with E-state index in [0.717, 1.165) is 22.3 Å². The molecule has 0 amide bonds. The fourth-order valence-electron chi connectivity index (χ4n) is 3.93. The Morgan fingerprint density at radius 1 is 0.516 bits per heavy atom. The van der Waals surface area contributed by atoms with Gasteiger partial charge in [0.15, 0.2) is 5.78 Å². The molecule has 2 heteroatoms. The molecule has 0 spiro atoms. The van der Waals surface area contributed by atoms with Gasteiger partial charge in [0.25, 0.3) is 0 Å². The van der Waals surface area contributed by atoms with Crippen molar-refractivity contribution >= 4 is 5.78 Å². The van der Waals surface area contributed by atoms with E-state index in [2.05, 4.69) is 0 Å². The summed E-state index contributed by atoms with van der Waals surface area (Å²) in [5.74, 6) is -1.45. The molecule has 0 bridgehead atoms. The number of hydrogen-bond acceptors (Lipinski definition) is 2. The van der Waals surface area contributed by atoms with Crippen molar-refractivity contribution in [1.29, 1.82) is 0 Å². The third-order valence-electron chi connectivity index (χ3n) is 5.39. The molecule has 0 fully saturated rings. The number of carbonyl (C=O) groups is 1. The minimum absolute atomic E-state index is 0.209. The monoisotopic (exact) mass is 403 g/mol. The Morgan fingerprint density at radius 2 is 0.806 bits per heavy atom. The lowest BCUT2D eigenvalue weighted by molar-refractivity contribution is -0.308. The topological polar surface area (TPSA) is 40.1 Å². The maximum atomic E-state index is 13.4. The Balaban J connectivity index is 1.75. The summed E-state index contributed by atoms with van der Waals surface area (Å²) in [6.45, 7) is 0. The van der Waals surface area contributed by atoms with Crippen molar-refractivity contribution in [3.8, 4) is 0 Å². The molecule has 4 aromatic carbocycles. The van der Waals surface area contributed by atoms with Gasteiger partial charge in [-0.1, -0.05) is 121 Å². The summed E-state index contributed by atoms with van der Waals surface area (Å²) in [6, 6.07) is 38.4. The Hall–Kier alpha value is -3.91. The Morgan fingerprint density at radius 3 is 1.13 bits per heavy atom. The molecule has 152 valence electrons. The third kappa shape index (κ3) is 4.81. The Bertz CT molecular complexity index is 1060. The molecule has 0 aliphatic rings. The van der Waals surface area contributed by atoms with Crippen LogP contribution in [-0.2, 0) is 4.79 Å². The Labute approximate surface area is 183 Å². The highest BCUT2D eigenvalue weighted by Gasteiger charge is 2.22. The highest BCUT2D eigenvalue weighted by molar-refractivity contribution is 5.98. The number of hydrogen-bond donors (Lipinski definition) is 0. The highest BCUT2D eigenvalue weighted by atomic mass is 16.3. The minimum Gasteiger partial charge on any atom is -0.875 e. The average molecular weight is 404 g/mol. The zero-order chi connectivity index (χ0) is 21.5. The molecule has 0 N–H and O–H groups in total. The third-order valence-corrected chi connectivity index (χ3v) is 5.39. The van der Waals surface area contributed by atoms with Gasteiger partial charge in [-0.2, -0.15) is 0 Å². The van der Waals surface area contributed by atoms with Gasteiger partial charge in [-0.25, -0.2) is 0 Å². The van der Waals surface area contributed by atoms with Crippen molar-refractivity contribution in [3.63, 3.8) is 0 Å². The first-order valence-electron chi connectivity index (χ1n) is 10.4. The zero-order valence-corrected chi connectivity index (χ0v) is 17.1. The van der Waals surface area contributed by atoms with Gasteiger partial charge in [-0.3, -0.25) is 4.79 Å². The van der Waals surface area contributed by atoms with E-state index in [4.69, 9.17) is 0 Å².